The van der Waals surface area contributed by atoms with E-state index in [1.54, 1.807) is 0 Å². The van der Waals surface area contributed by atoms with Crippen molar-refractivity contribution in [2.24, 2.45) is 5.41 Å². The van der Waals surface area contributed by atoms with E-state index in [0.717, 1.165) is 24.8 Å². The van der Waals surface area contributed by atoms with Crippen molar-refractivity contribution >= 4 is 11.9 Å². The largest absolute Gasteiger partial charge is 0.481 e. The minimum Gasteiger partial charge on any atom is -0.481 e. The summed E-state index contributed by atoms with van der Waals surface area (Å²) in [7, 11) is 0. The summed E-state index contributed by atoms with van der Waals surface area (Å²) < 4.78 is 13.1. The van der Waals surface area contributed by atoms with Crippen molar-refractivity contribution in [2.45, 2.75) is 31.6 Å². The van der Waals surface area contributed by atoms with Gasteiger partial charge in [-0.05, 0) is 42.5 Å². The average molecular weight is 355 g/mol. The van der Waals surface area contributed by atoms with Crippen LogP contribution < -0.4 is 5.32 Å². The molecule has 0 bridgehead atoms. The van der Waals surface area contributed by atoms with Gasteiger partial charge in [0.25, 0.3) is 0 Å². The molecular weight excluding hydrogens is 333 g/mol. The number of halogens is 1. The molecule has 1 fully saturated rings. The second-order valence-electron chi connectivity index (χ2n) is 6.95. The smallest absolute Gasteiger partial charge is 0.312 e. The van der Waals surface area contributed by atoms with Crippen molar-refractivity contribution in [1.29, 1.82) is 0 Å². The second kappa shape index (κ2) is 7.68. The van der Waals surface area contributed by atoms with E-state index in [0.29, 0.717) is 12.0 Å². The van der Waals surface area contributed by atoms with Crippen LogP contribution in [0.3, 0.4) is 0 Å². The number of rotatable bonds is 7. The molecule has 0 heterocycles. The summed E-state index contributed by atoms with van der Waals surface area (Å²) in [5.41, 5.74) is 1.13. The van der Waals surface area contributed by atoms with Crippen LogP contribution in [0.25, 0.3) is 0 Å². The zero-order valence-electron chi connectivity index (χ0n) is 14.5. The van der Waals surface area contributed by atoms with Gasteiger partial charge in [-0.25, -0.2) is 4.39 Å². The van der Waals surface area contributed by atoms with Gasteiger partial charge in [0.05, 0.1) is 11.3 Å². The number of amides is 1. The summed E-state index contributed by atoms with van der Waals surface area (Å²) in [6.45, 7) is -0.00363. The lowest BCUT2D eigenvalue weighted by atomic mass is 9.64. The molecule has 2 N–H and O–H groups in total. The van der Waals surface area contributed by atoms with Crippen LogP contribution in [0, 0.1) is 11.2 Å². The average Bonchev–Trinajstić information content (AvgIpc) is 2.60. The molecule has 0 saturated heterocycles. The zero-order chi connectivity index (χ0) is 18.6. The Bertz CT molecular complexity index is 770. The van der Waals surface area contributed by atoms with Crippen molar-refractivity contribution < 1.29 is 19.1 Å². The van der Waals surface area contributed by atoms with Gasteiger partial charge in [0.15, 0.2) is 0 Å². The summed E-state index contributed by atoms with van der Waals surface area (Å²) in [6, 6.07) is 15.2. The van der Waals surface area contributed by atoms with Crippen molar-refractivity contribution in [2.75, 3.05) is 6.54 Å². The van der Waals surface area contributed by atoms with E-state index in [-0.39, 0.29) is 12.5 Å². The third kappa shape index (κ3) is 3.93. The predicted molar refractivity (Wildman–Crippen MR) is 96.2 cm³/mol. The highest BCUT2D eigenvalue weighted by atomic mass is 19.1. The lowest BCUT2D eigenvalue weighted by molar-refractivity contribution is -0.139. The van der Waals surface area contributed by atoms with Crippen molar-refractivity contribution in [3.05, 3.63) is 71.5 Å². The predicted octanol–water partition coefficient (Wildman–Crippen LogP) is 3.52. The summed E-state index contributed by atoms with van der Waals surface area (Å²) in [4.78, 5) is 24.4. The van der Waals surface area contributed by atoms with Gasteiger partial charge in [-0.2, -0.15) is 0 Å². The molecule has 3 rings (SSSR count). The monoisotopic (exact) mass is 355 g/mol. The molecule has 136 valence electrons. The highest BCUT2D eigenvalue weighted by Crippen LogP contribution is 2.44. The third-order valence-electron chi connectivity index (χ3n) is 5.21. The molecule has 0 spiro atoms. The number of carboxylic acids is 1. The maximum absolute atomic E-state index is 13.1. The number of carbonyl (C=O) groups is 2. The molecule has 0 aliphatic heterocycles. The molecule has 2 aromatic carbocycles. The molecule has 26 heavy (non-hydrogen) atoms. The van der Waals surface area contributed by atoms with Crippen molar-refractivity contribution in [3.63, 3.8) is 0 Å². The van der Waals surface area contributed by atoms with Crippen LogP contribution in [-0.4, -0.2) is 23.5 Å². The zero-order valence-corrected chi connectivity index (χ0v) is 14.5. The fourth-order valence-corrected chi connectivity index (χ4v) is 3.50. The van der Waals surface area contributed by atoms with E-state index >= 15 is 0 Å². The van der Waals surface area contributed by atoms with Crippen LogP contribution >= 0.6 is 0 Å². The number of benzene rings is 2. The second-order valence-corrected chi connectivity index (χ2v) is 6.95. The van der Waals surface area contributed by atoms with Crippen LogP contribution in [-0.2, 0) is 16.0 Å². The number of carboxylic acid groups (broad SMARTS) is 1. The molecular formula is C21H22FNO3. The first-order valence-corrected chi connectivity index (χ1v) is 8.81. The number of hydrogen-bond acceptors (Lipinski definition) is 2. The Hall–Kier alpha value is -2.69. The topological polar surface area (TPSA) is 66.4 Å². The van der Waals surface area contributed by atoms with E-state index in [4.69, 9.17) is 0 Å². The molecule has 1 amide bonds. The van der Waals surface area contributed by atoms with Gasteiger partial charge in [-0.3, -0.25) is 9.59 Å². The number of carbonyl (C=O) groups excluding carboxylic acids is 1. The van der Waals surface area contributed by atoms with E-state index in [2.05, 4.69) is 5.32 Å². The van der Waals surface area contributed by atoms with E-state index in [9.17, 15) is 19.1 Å². The third-order valence-corrected chi connectivity index (χ3v) is 5.21. The Balaban J connectivity index is 1.67. The van der Waals surface area contributed by atoms with Crippen LogP contribution in [0.4, 0.5) is 4.39 Å². The molecule has 1 aliphatic carbocycles. The van der Waals surface area contributed by atoms with Gasteiger partial charge in [-0.1, -0.05) is 48.9 Å². The first-order chi connectivity index (χ1) is 12.5. The SMILES string of the molecule is O=C(O)C(CNC(=O)C1(Cc2ccccc2)CCC1)c1ccc(F)cc1. The Morgan fingerprint density at radius 1 is 1.08 bits per heavy atom. The summed E-state index contributed by atoms with van der Waals surface area (Å²) in [5, 5.41) is 12.3. The van der Waals surface area contributed by atoms with Gasteiger partial charge < -0.3 is 10.4 Å². The van der Waals surface area contributed by atoms with E-state index < -0.39 is 23.1 Å². The first-order valence-electron chi connectivity index (χ1n) is 8.81. The molecule has 1 aliphatic rings. The summed E-state index contributed by atoms with van der Waals surface area (Å²) in [5.74, 6) is -2.45. The van der Waals surface area contributed by atoms with Gasteiger partial charge in [0.1, 0.15) is 5.82 Å². The Kier molecular flexibility index (Phi) is 5.35. The fraction of sp³-hybridized carbons (Fsp3) is 0.333. The molecule has 4 nitrogen and oxygen atoms in total. The molecule has 0 aromatic heterocycles. The summed E-state index contributed by atoms with van der Waals surface area (Å²) >= 11 is 0. The quantitative estimate of drug-likeness (QED) is 0.799. The Morgan fingerprint density at radius 2 is 1.73 bits per heavy atom. The minimum atomic E-state index is -1.04. The lowest BCUT2D eigenvalue weighted by Gasteiger charge is -2.40. The van der Waals surface area contributed by atoms with Crippen LogP contribution in [0.15, 0.2) is 54.6 Å². The number of nitrogens with one attached hydrogen (secondary N) is 1. The molecule has 1 unspecified atom stereocenters. The van der Waals surface area contributed by atoms with Crippen LogP contribution in [0.1, 0.15) is 36.3 Å². The molecule has 5 heteroatoms. The van der Waals surface area contributed by atoms with E-state index in [1.807, 2.05) is 30.3 Å². The maximum atomic E-state index is 13.1. The lowest BCUT2D eigenvalue weighted by Crippen LogP contribution is -2.48. The molecule has 0 radical (unpaired) electrons. The standard InChI is InChI=1S/C21H22FNO3/c22-17-9-7-16(8-10-17)18(19(24)25)14-23-20(26)21(11-4-12-21)13-15-5-2-1-3-6-15/h1-3,5-10,18H,4,11-14H2,(H,23,26)(H,24,25). The maximum Gasteiger partial charge on any atom is 0.312 e. The number of aliphatic carboxylic acids is 1. The minimum absolute atomic E-state index is 0.00363. The number of hydrogen-bond donors (Lipinski definition) is 2. The van der Waals surface area contributed by atoms with Crippen molar-refractivity contribution in [1.82, 2.24) is 5.32 Å². The Morgan fingerprint density at radius 3 is 2.27 bits per heavy atom. The first kappa shape index (κ1) is 18.1. The van der Waals surface area contributed by atoms with Gasteiger partial charge >= 0.3 is 5.97 Å². The Labute approximate surface area is 152 Å². The molecule has 1 saturated carbocycles. The van der Waals surface area contributed by atoms with Crippen LogP contribution in [0.5, 0.6) is 0 Å². The summed E-state index contributed by atoms with van der Waals surface area (Å²) in [6.07, 6.45) is 3.28. The highest BCUT2D eigenvalue weighted by Gasteiger charge is 2.44. The fourth-order valence-electron chi connectivity index (χ4n) is 3.50. The van der Waals surface area contributed by atoms with Crippen molar-refractivity contribution in [3.8, 4) is 0 Å². The molecule has 1 atom stereocenters. The van der Waals surface area contributed by atoms with Crippen LogP contribution in [0.2, 0.25) is 0 Å². The van der Waals surface area contributed by atoms with Gasteiger partial charge in [0, 0.05) is 6.54 Å². The normalized spacial score (nSPS) is 16.3. The molecule has 2 aromatic rings. The van der Waals surface area contributed by atoms with E-state index in [1.165, 1.54) is 24.3 Å². The van der Waals surface area contributed by atoms with Gasteiger partial charge in [0.2, 0.25) is 5.91 Å². The van der Waals surface area contributed by atoms with Gasteiger partial charge in [-0.15, -0.1) is 0 Å². The highest BCUT2D eigenvalue weighted by molar-refractivity contribution is 5.85.